The molecule has 39 heavy (non-hydrogen) atoms. The maximum absolute atomic E-state index is 14.0. The van der Waals surface area contributed by atoms with Crippen molar-refractivity contribution in [2.75, 3.05) is 0 Å². The molecule has 2 atom stereocenters. The molecule has 0 aromatic heterocycles. The van der Waals surface area contributed by atoms with Crippen molar-refractivity contribution in [1.82, 2.24) is 0 Å². The molecule has 0 spiro atoms. The van der Waals surface area contributed by atoms with E-state index in [4.69, 9.17) is 0 Å². The van der Waals surface area contributed by atoms with E-state index in [-0.39, 0.29) is 21.7 Å². The van der Waals surface area contributed by atoms with Crippen LogP contribution in [0.25, 0.3) is 0 Å². The van der Waals surface area contributed by atoms with E-state index < -0.39 is 22.1 Å². The monoisotopic (exact) mass is 562 g/mol. The van der Waals surface area contributed by atoms with Gasteiger partial charge < -0.3 is 0 Å². The van der Waals surface area contributed by atoms with Crippen LogP contribution in [0.4, 0.5) is 0 Å². The van der Waals surface area contributed by atoms with Gasteiger partial charge in [0.25, 0.3) is 0 Å². The van der Waals surface area contributed by atoms with E-state index in [1.807, 2.05) is 24.3 Å². The van der Waals surface area contributed by atoms with Crippen molar-refractivity contribution >= 4 is 22.2 Å². The van der Waals surface area contributed by atoms with Gasteiger partial charge in [0.05, 0.1) is 5.56 Å². The van der Waals surface area contributed by atoms with Crippen LogP contribution in [0.1, 0.15) is 122 Å². The largest absolute Gasteiger partial charge is 0.363 e. The Morgan fingerprint density at radius 3 is 1.05 bits per heavy atom. The molecule has 0 radical (unpaired) electrons. The van der Waals surface area contributed by atoms with Gasteiger partial charge >= 0.3 is 16.9 Å². The van der Waals surface area contributed by atoms with Crippen molar-refractivity contribution in [3.8, 4) is 0 Å². The molecular formula is C35H48O2P2+2. The van der Waals surface area contributed by atoms with E-state index in [1.54, 1.807) is 0 Å². The van der Waals surface area contributed by atoms with E-state index in [0.29, 0.717) is 0 Å². The normalized spacial score (nSPS) is 13.7. The van der Waals surface area contributed by atoms with Crippen molar-refractivity contribution in [1.29, 1.82) is 0 Å². The van der Waals surface area contributed by atoms with Gasteiger partial charge in [-0.1, -0.05) is 116 Å². The fraction of sp³-hybridized carbons (Fsp3) is 0.486. The molecular weight excluding hydrogens is 514 g/mol. The van der Waals surface area contributed by atoms with Crippen LogP contribution in [0.3, 0.4) is 0 Å². The van der Waals surface area contributed by atoms with E-state index in [2.05, 4.69) is 119 Å². The molecule has 0 N–H and O–H groups in total. The summed E-state index contributed by atoms with van der Waals surface area (Å²) in [6.45, 7) is 26.7. The summed E-state index contributed by atoms with van der Waals surface area (Å²) in [6, 6.07) is 21.4. The summed E-state index contributed by atoms with van der Waals surface area (Å²) < 4.78 is 26.6. The molecule has 0 aliphatic carbocycles. The average Bonchev–Trinajstić information content (AvgIpc) is 2.82. The molecule has 208 valence electrons. The third kappa shape index (κ3) is 6.45. The first-order valence-electron chi connectivity index (χ1n) is 13.9. The van der Waals surface area contributed by atoms with Crippen LogP contribution in [0, 0.1) is 0 Å². The lowest BCUT2D eigenvalue weighted by molar-refractivity contribution is 0.559. The molecule has 3 rings (SSSR count). The van der Waals surface area contributed by atoms with Crippen LogP contribution in [-0.4, -0.2) is 0 Å². The smallest absolute Gasteiger partial charge is 0.0756 e. The molecule has 0 heterocycles. The van der Waals surface area contributed by atoms with Crippen molar-refractivity contribution in [3.63, 3.8) is 0 Å². The molecule has 0 saturated carbocycles. The van der Waals surface area contributed by atoms with Crippen LogP contribution < -0.4 is 5.30 Å². The summed E-state index contributed by atoms with van der Waals surface area (Å²) in [5.41, 5.74) is 7.26. The highest BCUT2D eigenvalue weighted by Gasteiger charge is 2.50. The lowest BCUT2D eigenvalue weighted by atomic mass is 9.73. The third-order valence-electron chi connectivity index (χ3n) is 7.79. The zero-order valence-corrected chi connectivity index (χ0v) is 28.1. The Balaban J connectivity index is 2.64. The zero-order valence-electron chi connectivity index (χ0n) is 26.1. The Labute approximate surface area is 240 Å². The minimum Gasteiger partial charge on any atom is -0.0756 e. The predicted octanol–water partition coefficient (Wildman–Crippen LogP) is 9.84. The fourth-order valence-corrected chi connectivity index (χ4v) is 6.49. The van der Waals surface area contributed by atoms with Crippen molar-refractivity contribution in [3.05, 3.63) is 99.6 Å². The summed E-state index contributed by atoms with van der Waals surface area (Å²) in [5, 5.41) is -0.255. The molecule has 0 fully saturated rings. The summed E-state index contributed by atoms with van der Waals surface area (Å²) >= 11 is 0. The van der Waals surface area contributed by atoms with Gasteiger partial charge in [0, 0.05) is 11.1 Å². The highest BCUT2D eigenvalue weighted by Crippen LogP contribution is 2.51. The lowest BCUT2D eigenvalue weighted by Gasteiger charge is -2.32. The Bertz CT molecular complexity index is 1230. The summed E-state index contributed by atoms with van der Waals surface area (Å²) in [6.07, 6.45) is 0. The van der Waals surface area contributed by atoms with Gasteiger partial charge in [0.15, 0.2) is 5.30 Å². The van der Waals surface area contributed by atoms with Crippen LogP contribution in [0.15, 0.2) is 60.7 Å². The Morgan fingerprint density at radius 2 is 0.769 bits per heavy atom. The van der Waals surface area contributed by atoms with E-state index in [9.17, 15) is 9.13 Å². The number of rotatable bonds is 5. The maximum Gasteiger partial charge on any atom is 0.363 e. The van der Waals surface area contributed by atoms with E-state index in [0.717, 1.165) is 22.0 Å². The summed E-state index contributed by atoms with van der Waals surface area (Å²) in [5.74, 6) is 0. The first-order valence-corrected chi connectivity index (χ1v) is 15.8. The lowest BCUT2D eigenvalue weighted by Crippen LogP contribution is -2.30. The van der Waals surface area contributed by atoms with Crippen LogP contribution in [0.5, 0.6) is 0 Å². The minimum absolute atomic E-state index is 0.0998. The average molecular weight is 563 g/mol. The van der Waals surface area contributed by atoms with Gasteiger partial charge in [-0.25, -0.2) is 0 Å². The molecule has 2 nitrogen and oxygen atoms in total. The second kappa shape index (κ2) is 10.7. The molecule has 0 saturated heterocycles. The fourth-order valence-electron chi connectivity index (χ4n) is 4.97. The van der Waals surface area contributed by atoms with Gasteiger partial charge in [0.2, 0.25) is 5.16 Å². The van der Waals surface area contributed by atoms with Crippen LogP contribution in [-0.2, 0) is 35.9 Å². The highest BCUT2D eigenvalue weighted by molar-refractivity contribution is 7.34. The Kier molecular flexibility index (Phi) is 8.60. The van der Waals surface area contributed by atoms with Gasteiger partial charge in [-0.15, -0.1) is 0 Å². The Hall–Kier alpha value is -2.14. The van der Waals surface area contributed by atoms with Crippen molar-refractivity contribution in [2.24, 2.45) is 0 Å². The summed E-state index contributed by atoms with van der Waals surface area (Å²) in [7, 11) is -1.36. The van der Waals surface area contributed by atoms with Gasteiger partial charge in [-0.3, -0.25) is 0 Å². The SMILES string of the molecule is CC(C)(C)c1cc(C(C)(C)C)cc(C([PH+]=O)(c2cc(C(C)(C)C)cc(C(C)(C)C)c2)c2ccccc2[PH+]=O)c1. The molecule has 2 unspecified atom stereocenters. The van der Waals surface area contributed by atoms with Gasteiger partial charge in [-0.2, -0.15) is 0 Å². The van der Waals surface area contributed by atoms with Crippen LogP contribution >= 0.6 is 16.9 Å². The second-order valence-corrected chi connectivity index (χ2v) is 16.8. The topological polar surface area (TPSA) is 34.1 Å². The first-order chi connectivity index (χ1) is 17.7. The quantitative estimate of drug-likeness (QED) is 0.229. The predicted molar refractivity (Wildman–Crippen MR) is 172 cm³/mol. The molecule has 4 heteroatoms. The molecule has 0 aliphatic heterocycles. The van der Waals surface area contributed by atoms with Gasteiger partial charge in [0.1, 0.15) is 0 Å². The van der Waals surface area contributed by atoms with Crippen molar-refractivity contribution < 1.29 is 9.13 Å². The number of hydrogen-bond donors (Lipinski definition) is 0. The highest BCUT2D eigenvalue weighted by atomic mass is 31.1. The van der Waals surface area contributed by atoms with Gasteiger partial charge in [-0.05, 0) is 80.3 Å². The van der Waals surface area contributed by atoms with E-state index in [1.165, 1.54) is 22.3 Å². The molecule has 0 bridgehead atoms. The first kappa shape index (κ1) is 31.4. The zero-order chi connectivity index (χ0) is 29.6. The number of benzene rings is 3. The molecule has 3 aromatic rings. The maximum atomic E-state index is 14.0. The standard InChI is InChI=1S/C35H46O2P2/c1-31(2,3)23-17-24(32(4,5)6)20-27(19-23)35(39-37,29-15-13-14-16-30(29)38-36)28-21-25(33(7,8)9)18-26(22-28)34(10,11)12/h13-22H,1-12H3/p+2. The Morgan fingerprint density at radius 1 is 0.462 bits per heavy atom. The number of hydrogen-bond acceptors (Lipinski definition) is 2. The molecule has 0 aliphatic rings. The van der Waals surface area contributed by atoms with Crippen LogP contribution in [0.2, 0.25) is 0 Å². The molecule has 3 aromatic carbocycles. The second-order valence-electron chi connectivity index (χ2n) is 15.1. The molecule has 0 amide bonds. The summed E-state index contributed by atoms with van der Waals surface area (Å²) in [4.78, 5) is 0. The minimum atomic E-state index is -0.976. The third-order valence-corrected chi connectivity index (χ3v) is 9.60. The van der Waals surface area contributed by atoms with Crippen molar-refractivity contribution in [2.45, 2.75) is 110 Å². The van der Waals surface area contributed by atoms with E-state index >= 15 is 0 Å².